The highest BCUT2D eigenvalue weighted by Crippen LogP contribution is 2.19. The maximum atomic E-state index is 11.9. The number of aromatic carboxylic acids is 1. The van der Waals surface area contributed by atoms with Crippen LogP contribution in [0, 0.1) is 0 Å². The van der Waals surface area contributed by atoms with Crippen molar-refractivity contribution in [2.75, 3.05) is 25.1 Å². The number of hydrogen-bond donors (Lipinski definition) is 2. The van der Waals surface area contributed by atoms with Gasteiger partial charge in [-0.3, -0.25) is 4.79 Å². The minimum Gasteiger partial charge on any atom is -0.478 e. The molecule has 1 amide bonds. The molecule has 1 unspecified atom stereocenters. The Hall–Kier alpha value is -1.63. The van der Waals surface area contributed by atoms with Crippen LogP contribution in [0.4, 0.5) is 5.69 Å². The molecule has 0 saturated carbocycles. The molecule has 0 aromatic heterocycles. The number of carbonyl (C=O) groups excluding carboxylic acids is 1. The number of carboxylic acid groups (broad SMARTS) is 1. The van der Waals surface area contributed by atoms with E-state index in [0.717, 1.165) is 0 Å². The van der Waals surface area contributed by atoms with E-state index in [0.29, 0.717) is 18.9 Å². The quantitative estimate of drug-likeness (QED) is 0.877. The number of rotatable bonds is 3. The smallest absolute Gasteiger partial charge is 0.335 e. The number of ether oxygens (including phenoxy) is 2. The average molecular weight is 286 g/mol. The van der Waals surface area contributed by atoms with E-state index in [1.54, 1.807) is 0 Å². The minimum absolute atomic E-state index is 0.00334. The molecule has 102 valence electrons. The summed E-state index contributed by atoms with van der Waals surface area (Å²) in [6.07, 6.45) is -0.694. The molecule has 1 aliphatic rings. The van der Waals surface area contributed by atoms with Gasteiger partial charge >= 0.3 is 5.97 Å². The summed E-state index contributed by atoms with van der Waals surface area (Å²) in [5.74, 6) is -1.51. The summed E-state index contributed by atoms with van der Waals surface area (Å²) in [7, 11) is 0. The number of hydrogen-bond acceptors (Lipinski definition) is 4. The molecule has 2 N–H and O–H groups in total. The first-order chi connectivity index (χ1) is 9.06. The summed E-state index contributed by atoms with van der Waals surface area (Å²) in [6, 6.07) is 4.10. The maximum Gasteiger partial charge on any atom is 0.335 e. The van der Waals surface area contributed by atoms with Gasteiger partial charge in [-0.25, -0.2) is 4.79 Å². The van der Waals surface area contributed by atoms with E-state index >= 15 is 0 Å². The third-order valence-electron chi connectivity index (χ3n) is 2.52. The van der Waals surface area contributed by atoms with Gasteiger partial charge in [0.1, 0.15) is 0 Å². The van der Waals surface area contributed by atoms with Crippen molar-refractivity contribution in [1.82, 2.24) is 0 Å². The molecule has 0 aliphatic carbocycles. The van der Waals surface area contributed by atoms with E-state index in [2.05, 4.69) is 5.32 Å². The van der Waals surface area contributed by atoms with Crippen LogP contribution in [0.1, 0.15) is 10.4 Å². The Labute approximate surface area is 114 Å². The Bertz CT molecular complexity index is 499. The molecule has 1 aliphatic heterocycles. The zero-order valence-electron chi connectivity index (χ0n) is 9.89. The van der Waals surface area contributed by atoms with Crippen LogP contribution in [-0.2, 0) is 14.3 Å². The zero-order chi connectivity index (χ0) is 13.8. The van der Waals surface area contributed by atoms with E-state index in [-0.39, 0.29) is 17.2 Å². The van der Waals surface area contributed by atoms with Gasteiger partial charge in [0.15, 0.2) is 6.10 Å². The first-order valence-electron chi connectivity index (χ1n) is 5.60. The van der Waals surface area contributed by atoms with Gasteiger partial charge in [0, 0.05) is 10.7 Å². The van der Waals surface area contributed by atoms with Crippen molar-refractivity contribution < 1.29 is 24.2 Å². The molecule has 1 saturated heterocycles. The van der Waals surface area contributed by atoms with Crippen LogP contribution in [0.5, 0.6) is 0 Å². The largest absolute Gasteiger partial charge is 0.478 e. The van der Waals surface area contributed by atoms with Gasteiger partial charge in [-0.15, -0.1) is 0 Å². The van der Waals surface area contributed by atoms with Gasteiger partial charge in [0.25, 0.3) is 5.91 Å². The highest BCUT2D eigenvalue weighted by molar-refractivity contribution is 6.31. The molecular formula is C12H12ClNO5. The Morgan fingerprint density at radius 3 is 2.74 bits per heavy atom. The third-order valence-corrected chi connectivity index (χ3v) is 2.74. The average Bonchev–Trinajstić information content (AvgIpc) is 2.39. The zero-order valence-corrected chi connectivity index (χ0v) is 10.6. The molecule has 1 aromatic carbocycles. The lowest BCUT2D eigenvalue weighted by Crippen LogP contribution is -2.39. The van der Waals surface area contributed by atoms with Crippen LogP contribution >= 0.6 is 11.6 Å². The molecular weight excluding hydrogens is 274 g/mol. The highest BCUT2D eigenvalue weighted by atomic mass is 35.5. The minimum atomic E-state index is -1.12. The van der Waals surface area contributed by atoms with E-state index in [1.165, 1.54) is 18.2 Å². The summed E-state index contributed by atoms with van der Waals surface area (Å²) in [5.41, 5.74) is 0.313. The molecule has 1 heterocycles. The molecule has 0 radical (unpaired) electrons. The predicted octanol–water partition coefficient (Wildman–Crippen LogP) is 1.39. The van der Waals surface area contributed by atoms with Crippen molar-refractivity contribution in [3.05, 3.63) is 28.8 Å². The Morgan fingerprint density at radius 2 is 2.11 bits per heavy atom. The van der Waals surface area contributed by atoms with Gasteiger partial charge < -0.3 is 19.9 Å². The number of halogens is 1. The molecule has 1 fully saturated rings. The number of carbonyl (C=O) groups is 2. The number of amides is 1. The fraction of sp³-hybridized carbons (Fsp3) is 0.333. The molecule has 0 bridgehead atoms. The van der Waals surface area contributed by atoms with E-state index in [9.17, 15) is 9.59 Å². The van der Waals surface area contributed by atoms with E-state index in [4.69, 9.17) is 26.2 Å². The van der Waals surface area contributed by atoms with Crippen LogP contribution in [-0.4, -0.2) is 42.9 Å². The normalized spacial score (nSPS) is 18.9. The molecule has 7 heteroatoms. The molecule has 0 spiro atoms. The van der Waals surface area contributed by atoms with E-state index in [1.807, 2.05) is 0 Å². The molecule has 19 heavy (non-hydrogen) atoms. The second-order valence-electron chi connectivity index (χ2n) is 3.96. The predicted molar refractivity (Wildman–Crippen MR) is 67.6 cm³/mol. The van der Waals surface area contributed by atoms with Gasteiger partial charge in [0.2, 0.25) is 0 Å². The SMILES string of the molecule is O=C(O)c1cc(Cl)cc(NC(=O)C2COCCO2)c1. The maximum absolute atomic E-state index is 11.9. The molecule has 1 aromatic rings. The summed E-state index contributed by atoms with van der Waals surface area (Å²) in [4.78, 5) is 22.7. The standard InChI is InChI=1S/C12H12ClNO5/c13-8-3-7(12(16)17)4-9(5-8)14-11(15)10-6-18-1-2-19-10/h3-5,10H,1-2,6H2,(H,14,15)(H,16,17). The third kappa shape index (κ3) is 3.66. The number of carboxylic acids is 1. The first-order valence-corrected chi connectivity index (χ1v) is 5.98. The van der Waals surface area contributed by atoms with Crippen molar-refractivity contribution in [3.63, 3.8) is 0 Å². The molecule has 1 atom stereocenters. The number of nitrogens with one attached hydrogen (secondary N) is 1. The van der Waals surface area contributed by atoms with Crippen molar-refractivity contribution in [2.24, 2.45) is 0 Å². The number of anilines is 1. The lowest BCUT2D eigenvalue weighted by atomic mass is 10.2. The van der Waals surface area contributed by atoms with Crippen LogP contribution in [0.15, 0.2) is 18.2 Å². The second-order valence-corrected chi connectivity index (χ2v) is 4.39. The molecule has 6 nitrogen and oxygen atoms in total. The molecule has 2 rings (SSSR count). The van der Waals surface area contributed by atoms with Crippen LogP contribution < -0.4 is 5.32 Å². The van der Waals surface area contributed by atoms with Crippen molar-refractivity contribution in [2.45, 2.75) is 6.10 Å². The Balaban J connectivity index is 2.09. The topological polar surface area (TPSA) is 84.9 Å². The van der Waals surface area contributed by atoms with Gasteiger partial charge in [-0.2, -0.15) is 0 Å². The van der Waals surface area contributed by atoms with Crippen LogP contribution in [0.25, 0.3) is 0 Å². The number of benzene rings is 1. The van der Waals surface area contributed by atoms with Gasteiger partial charge in [0.05, 0.1) is 25.4 Å². The van der Waals surface area contributed by atoms with E-state index < -0.39 is 18.0 Å². The highest BCUT2D eigenvalue weighted by Gasteiger charge is 2.23. The summed E-state index contributed by atoms with van der Waals surface area (Å²) in [5, 5.41) is 11.7. The Morgan fingerprint density at radius 1 is 1.32 bits per heavy atom. The van der Waals surface area contributed by atoms with Gasteiger partial charge in [-0.05, 0) is 18.2 Å². The Kier molecular flexibility index (Phi) is 4.36. The van der Waals surface area contributed by atoms with Crippen molar-refractivity contribution in [3.8, 4) is 0 Å². The van der Waals surface area contributed by atoms with Crippen LogP contribution in [0.3, 0.4) is 0 Å². The van der Waals surface area contributed by atoms with Crippen molar-refractivity contribution in [1.29, 1.82) is 0 Å². The fourth-order valence-electron chi connectivity index (χ4n) is 1.65. The lowest BCUT2D eigenvalue weighted by molar-refractivity contribution is -0.142. The monoisotopic (exact) mass is 285 g/mol. The first kappa shape index (κ1) is 13.8. The lowest BCUT2D eigenvalue weighted by Gasteiger charge is -2.22. The summed E-state index contributed by atoms with van der Waals surface area (Å²) < 4.78 is 10.4. The van der Waals surface area contributed by atoms with Crippen molar-refractivity contribution >= 4 is 29.2 Å². The van der Waals surface area contributed by atoms with Crippen LogP contribution in [0.2, 0.25) is 5.02 Å². The summed E-state index contributed by atoms with van der Waals surface area (Å²) >= 11 is 5.79. The fourth-order valence-corrected chi connectivity index (χ4v) is 1.88. The van der Waals surface area contributed by atoms with Gasteiger partial charge in [-0.1, -0.05) is 11.6 Å². The summed E-state index contributed by atoms with van der Waals surface area (Å²) in [6.45, 7) is 0.996. The second kappa shape index (κ2) is 6.01.